The third-order valence-electron chi connectivity index (χ3n) is 4.92. The Hall–Kier alpha value is -1.07. The van der Waals surface area contributed by atoms with Gasteiger partial charge in [-0.15, -0.1) is 0 Å². The van der Waals surface area contributed by atoms with Crippen molar-refractivity contribution < 1.29 is 13.2 Å². The molecule has 0 N–H and O–H groups in total. The van der Waals surface area contributed by atoms with Crippen molar-refractivity contribution in [3.8, 4) is 0 Å². The molecule has 6 heteroatoms. The number of halogens is 1. The number of anilines is 1. The second kappa shape index (κ2) is 6.81. The average Bonchev–Trinajstić information content (AvgIpc) is 2.87. The zero-order valence-electron chi connectivity index (χ0n) is 13.1. The summed E-state index contributed by atoms with van der Waals surface area (Å²) in [5.41, 5.74) is 2.20. The highest BCUT2D eigenvalue weighted by molar-refractivity contribution is 8.13. The van der Waals surface area contributed by atoms with Crippen LogP contribution in [0.3, 0.4) is 0 Å². The number of hydrogen-bond donors (Lipinski definition) is 0. The molecule has 23 heavy (non-hydrogen) atoms. The minimum atomic E-state index is -3.56. The van der Waals surface area contributed by atoms with E-state index in [1.165, 1.54) is 37.7 Å². The molecule has 0 bridgehead atoms. The van der Waals surface area contributed by atoms with E-state index in [2.05, 4.69) is 12.1 Å². The molecule has 1 heterocycles. The monoisotopic (exact) mass is 355 g/mol. The van der Waals surface area contributed by atoms with Crippen molar-refractivity contribution in [3.05, 3.63) is 29.8 Å². The Balaban J connectivity index is 1.68. The van der Waals surface area contributed by atoms with E-state index >= 15 is 0 Å². The summed E-state index contributed by atoms with van der Waals surface area (Å²) in [7, 11) is 1.74. The van der Waals surface area contributed by atoms with Crippen molar-refractivity contribution in [2.24, 2.45) is 5.92 Å². The van der Waals surface area contributed by atoms with Crippen LogP contribution in [0.15, 0.2) is 24.3 Å². The second-order valence-electron chi connectivity index (χ2n) is 6.71. The average molecular weight is 356 g/mol. The van der Waals surface area contributed by atoms with E-state index in [1.807, 2.05) is 12.1 Å². The summed E-state index contributed by atoms with van der Waals surface area (Å²) in [6.07, 6.45) is 6.67. The fraction of sp³-hybridized carbons (Fsp3) is 0.588. The number of amides is 1. The van der Waals surface area contributed by atoms with Gasteiger partial charge in [0, 0.05) is 35.3 Å². The van der Waals surface area contributed by atoms with E-state index < -0.39 is 9.05 Å². The fourth-order valence-electron chi connectivity index (χ4n) is 3.79. The highest BCUT2D eigenvalue weighted by Crippen LogP contribution is 2.34. The first-order chi connectivity index (χ1) is 10.9. The first-order valence-electron chi connectivity index (χ1n) is 8.25. The molecule has 1 unspecified atom stereocenters. The van der Waals surface area contributed by atoms with Crippen molar-refractivity contribution in [1.82, 2.24) is 0 Å². The van der Waals surface area contributed by atoms with E-state index in [1.54, 1.807) is 4.90 Å². The highest BCUT2D eigenvalue weighted by atomic mass is 35.7. The summed E-state index contributed by atoms with van der Waals surface area (Å²) in [6.45, 7) is 0.424. The Labute approximate surface area is 142 Å². The molecule has 1 saturated heterocycles. The molecule has 1 aliphatic carbocycles. The van der Waals surface area contributed by atoms with Crippen LogP contribution in [0.1, 0.15) is 50.0 Å². The van der Waals surface area contributed by atoms with Crippen LogP contribution < -0.4 is 4.90 Å². The van der Waals surface area contributed by atoms with Crippen LogP contribution >= 0.6 is 10.7 Å². The fourth-order valence-corrected chi connectivity index (χ4v) is 5.11. The van der Waals surface area contributed by atoms with Crippen LogP contribution in [-0.4, -0.2) is 26.6 Å². The maximum Gasteiger partial charge on any atom is 0.232 e. The molecule has 1 aromatic rings. The minimum absolute atomic E-state index is 0.0271. The van der Waals surface area contributed by atoms with Crippen LogP contribution in [0.25, 0.3) is 0 Å². The third kappa shape index (κ3) is 4.27. The Bertz CT molecular complexity index is 666. The van der Waals surface area contributed by atoms with Gasteiger partial charge in [-0.3, -0.25) is 4.79 Å². The smallest absolute Gasteiger partial charge is 0.232 e. The molecular weight excluding hydrogens is 334 g/mol. The lowest BCUT2D eigenvalue weighted by molar-refractivity contribution is -0.117. The van der Waals surface area contributed by atoms with E-state index in [0.29, 0.717) is 12.5 Å². The SMILES string of the molecule is O=C1CC(CS(=O)(=O)Cl)CN1c1ccc(C2CCCCC2)cc1. The predicted molar refractivity (Wildman–Crippen MR) is 92.4 cm³/mol. The molecule has 2 fully saturated rings. The highest BCUT2D eigenvalue weighted by Gasteiger charge is 2.33. The van der Waals surface area contributed by atoms with E-state index in [-0.39, 0.29) is 24.0 Å². The molecular formula is C17H22ClNO3S. The maximum atomic E-state index is 12.1. The lowest BCUT2D eigenvalue weighted by atomic mass is 9.84. The molecule has 0 aromatic heterocycles. The number of carbonyl (C=O) groups excluding carboxylic acids is 1. The predicted octanol–water partition coefficient (Wildman–Crippen LogP) is 3.66. The van der Waals surface area contributed by atoms with Gasteiger partial charge >= 0.3 is 0 Å². The summed E-state index contributed by atoms with van der Waals surface area (Å²) in [4.78, 5) is 13.8. The number of rotatable bonds is 4. The molecule has 1 aromatic carbocycles. The van der Waals surface area contributed by atoms with Crippen molar-refractivity contribution in [3.63, 3.8) is 0 Å². The first-order valence-corrected chi connectivity index (χ1v) is 10.7. The Morgan fingerprint density at radius 1 is 1.09 bits per heavy atom. The van der Waals surface area contributed by atoms with Crippen LogP contribution in [0.2, 0.25) is 0 Å². The van der Waals surface area contributed by atoms with Gasteiger partial charge in [0.15, 0.2) is 0 Å². The van der Waals surface area contributed by atoms with Crippen LogP contribution in [0.4, 0.5) is 5.69 Å². The largest absolute Gasteiger partial charge is 0.312 e. The van der Waals surface area contributed by atoms with Crippen molar-refractivity contribution in [2.45, 2.75) is 44.4 Å². The summed E-state index contributed by atoms with van der Waals surface area (Å²) in [5.74, 6) is 0.252. The molecule has 1 aliphatic heterocycles. The van der Waals surface area contributed by atoms with E-state index in [0.717, 1.165) is 5.69 Å². The molecule has 0 radical (unpaired) electrons. The molecule has 1 atom stereocenters. The summed E-state index contributed by atoms with van der Waals surface area (Å²) >= 11 is 0. The van der Waals surface area contributed by atoms with Gasteiger partial charge in [0.05, 0.1) is 5.75 Å². The topological polar surface area (TPSA) is 54.5 Å². The van der Waals surface area contributed by atoms with Gasteiger partial charge in [0.1, 0.15) is 0 Å². The molecule has 2 aliphatic rings. The molecule has 0 spiro atoms. The van der Waals surface area contributed by atoms with Crippen molar-refractivity contribution >= 4 is 31.3 Å². The summed E-state index contributed by atoms with van der Waals surface area (Å²) in [5, 5.41) is 0. The zero-order chi connectivity index (χ0) is 16.4. The van der Waals surface area contributed by atoms with E-state index in [9.17, 15) is 13.2 Å². The summed E-state index contributed by atoms with van der Waals surface area (Å²) in [6, 6.07) is 8.20. The quantitative estimate of drug-likeness (QED) is 0.774. The van der Waals surface area contributed by atoms with Gasteiger partial charge in [-0.2, -0.15) is 0 Å². The van der Waals surface area contributed by atoms with Gasteiger partial charge in [-0.05, 0) is 36.5 Å². The van der Waals surface area contributed by atoms with Crippen molar-refractivity contribution in [1.29, 1.82) is 0 Å². The zero-order valence-corrected chi connectivity index (χ0v) is 14.7. The third-order valence-corrected chi connectivity index (χ3v) is 6.17. The van der Waals surface area contributed by atoms with Gasteiger partial charge in [0.2, 0.25) is 15.0 Å². The molecule has 1 amide bonds. The molecule has 4 nitrogen and oxygen atoms in total. The summed E-state index contributed by atoms with van der Waals surface area (Å²) < 4.78 is 22.4. The second-order valence-corrected chi connectivity index (χ2v) is 9.53. The van der Waals surface area contributed by atoms with Crippen LogP contribution in [0, 0.1) is 5.92 Å². The van der Waals surface area contributed by atoms with Gasteiger partial charge in [0.25, 0.3) is 0 Å². The molecule has 1 saturated carbocycles. The van der Waals surface area contributed by atoms with E-state index in [4.69, 9.17) is 10.7 Å². The molecule has 3 rings (SSSR count). The Morgan fingerprint density at radius 3 is 2.35 bits per heavy atom. The normalized spacial score (nSPS) is 23.4. The van der Waals surface area contributed by atoms with Gasteiger partial charge in [-0.1, -0.05) is 31.4 Å². The lowest BCUT2D eigenvalue weighted by Crippen LogP contribution is -2.25. The lowest BCUT2D eigenvalue weighted by Gasteiger charge is -2.23. The van der Waals surface area contributed by atoms with Crippen LogP contribution in [0.5, 0.6) is 0 Å². The number of benzene rings is 1. The first kappa shape index (κ1) is 16.8. The van der Waals surface area contributed by atoms with Crippen LogP contribution in [-0.2, 0) is 13.8 Å². The maximum absolute atomic E-state index is 12.1. The van der Waals surface area contributed by atoms with Gasteiger partial charge in [-0.25, -0.2) is 8.42 Å². The molecule has 126 valence electrons. The minimum Gasteiger partial charge on any atom is -0.312 e. The van der Waals surface area contributed by atoms with Crippen molar-refractivity contribution in [2.75, 3.05) is 17.2 Å². The number of nitrogens with zero attached hydrogens (tertiary/aromatic N) is 1. The Kier molecular flexibility index (Phi) is 4.97. The van der Waals surface area contributed by atoms with Gasteiger partial charge < -0.3 is 4.90 Å². The number of hydrogen-bond acceptors (Lipinski definition) is 3. The number of carbonyl (C=O) groups is 1. The Morgan fingerprint density at radius 2 is 1.74 bits per heavy atom. The standard InChI is InChI=1S/C17H22ClNO3S/c18-23(21,22)12-13-10-17(20)19(11-13)16-8-6-15(7-9-16)14-4-2-1-3-5-14/h6-9,13-14H,1-5,10-12H2.